The van der Waals surface area contributed by atoms with Crippen molar-refractivity contribution in [3.05, 3.63) is 47.0 Å². The van der Waals surface area contributed by atoms with Crippen molar-refractivity contribution in [1.29, 1.82) is 0 Å². The van der Waals surface area contributed by atoms with Crippen LogP contribution in [-0.2, 0) is 19.3 Å². The molecule has 1 aliphatic carbocycles. The molecule has 0 saturated heterocycles. The molecule has 0 saturated carbocycles. The first-order valence-electron chi connectivity index (χ1n) is 14.5. The van der Waals surface area contributed by atoms with Gasteiger partial charge in [0, 0.05) is 11.6 Å². The van der Waals surface area contributed by atoms with Gasteiger partial charge in [-0.25, -0.2) is 0 Å². The molecule has 0 amide bonds. The molecule has 40 heavy (non-hydrogen) atoms. The van der Waals surface area contributed by atoms with E-state index >= 15 is 0 Å². The van der Waals surface area contributed by atoms with Crippen molar-refractivity contribution in [3.63, 3.8) is 0 Å². The van der Waals surface area contributed by atoms with Crippen molar-refractivity contribution in [2.45, 2.75) is 77.2 Å². The van der Waals surface area contributed by atoms with Crippen LogP contribution in [0.5, 0.6) is 23.0 Å². The number of unbranched alkanes of at least 4 members (excludes halogenated alkanes) is 3. The minimum absolute atomic E-state index is 0. The van der Waals surface area contributed by atoms with Crippen molar-refractivity contribution in [3.8, 4) is 23.0 Å². The van der Waals surface area contributed by atoms with Gasteiger partial charge in [-0.15, -0.1) is 24.8 Å². The minimum atomic E-state index is 0. The summed E-state index contributed by atoms with van der Waals surface area (Å²) in [4.78, 5) is 2.74. The summed E-state index contributed by atoms with van der Waals surface area (Å²) < 4.78 is 21.9. The molecule has 228 valence electrons. The molecule has 3 rings (SSSR count). The second-order valence-electron chi connectivity index (χ2n) is 10.3. The lowest BCUT2D eigenvalue weighted by Gasteiger charge is -2.36. The first kappa shape index (κ1) is 36.2. The quantitative estimate of drug-likeness (QED) is 0.188. The third kappa shape index (κ3) is 10.5. The molecule has 0 heterocycles. The maximum atomic E-state index is 5.70. The van der Waals surface area contributed by atoms with Gasteiger partial charge in [-0.1, -0.05) is 31.9 Å². The first-order valence-corrected chi connectivity index (χ1v) is 14.5. The van der Waals surface area contributed by atoms with E-state index in [-0.39, 0.29) is 24.8 Å². The summed E-state index contributed by atoms with van der Waals surface area (Å²) in [5.41, 5.74) is 4.06. The Morgan fingerprint density at radius 1 is 0.775 bits per heavy atom. The van der Waals surface area contributed by atoms with Crippen LogP contribution in [0.4, 0.5) is 0 Å². The molecule has 6 nitrogen and oxygen atoms in total. The molecule has 0 spiro atoms. The standard InChI is InChI=1S/C32H50N2O4.2ClH/c1-6-21-34(27-15-16-28-26(24-27)14-18-30(36-3)32(28)38-5)22-10-8-7-9-19-33-20-11-12-25-13-17-29(35-2)31(23-25)37-4;;/h13-14,17-18,23,27,33H,6-12,15-16,19-22,24H2,1-5H3;2*1H/t27-;;/m0../s1. The minimum Gasteiger partial charge on any atom is -0.493 e. The summed E-state index contributed by atoms with van der Waals surface area (Å²) in [5, 5.41) is 3.62. The van der Waals surface area contributed by atoms with Crippen LogP contribution in [0.25, 0.3) is 0 Å². The van der Waals surface area contributed by atoms with Crippen LogP contribution in [-0.4, -0.2) is 65.6 Å². The molecule has 1 aliphatic rings. The number of nitrogens with one attached hydrogen (secondary N) is 1. The van der Waals surface area contributed by atoms with Gasteiger partial charge >= 0.3 is 0 Å². The third-order valence-electron chi connectivity index (χ3n) is 7.77. The molecule has 0 aliphatic heterocycles. The zero-order valence-corrected chi connectivity index (χ0v) is 26.9. The number of fused-ring (bicyclic) bond motifs is 1. The summed E-state index contributed by atoms with van der Waals surface area (Å²) in [7, 11) is 6.84. The van der Waals surface area contributed by atoms with E-state index in [9.17, 15) is 0 Å². The van der Waals surface area contributed by atoms with Gasteiger partial charge in [-0.3, -0.25) is 0 Å². The van der Waals surface area contributed by atoms with Gasteiger partial charge in [0.05, 0.1) is 28.4 Å². The van der Waals surface area contributed by atoms with E-state index in [1.54, 1.807) is 28.4 Å². The highest BCUT2D eigenvalue weighted by atomic mass is 35.5. The van der Waals surface area contributed by atoms with Crippen molar-refractivity contribution in [1.82, 2.24) is 10.2 Å². The molecule has 1 atom stereocenters. The Hall–Kier alpha value is -1.86. The number of rotatable bonds is 18. The predicted octanol–water partition coefficient (Wildman–Crippen LogP) is 6.92. The topological polar surface area (TPSA) is 52.2 Å². The molecule has 0 bridgehead atoms. The van der Waals surface area contributed by atoms with E-state index in [0.717, 1.165) is 61.8 Å². The Balaban J connectivity index is 0.00000400. The molecule has 2 aromatic rings. The predicted molar refractivity (Wildman–Crippen MR) is 171 cm³/mol. The largest absolute Gasteiger partial charge is 0.493 e. The van der Waals surface area contributed by atoms with Gasteiger partial charge in [-0.05, 0) is 107 Å². The number of halogens is 2. The summed E-state index contributed by atoms with van der Waals surface area (Å²) in [6.45, 7) is 6.86. The van der Waals surface area contributed by atoms with E-state index in [1.807, 2.05) is 6.07 Å². The SMILES string of the molecule is CCCN(CCCCCCNCCCc1ccc(OC)c(OC)c1)[C@H]1CCc2c(ccc(OC)c2OC)C1.Cl.Cl. The second-order valence-corrected chi connectivity index (χ2v) is 10.3. The number of ether oxygens (including phenoxy) is 4. The van der Waals surface area contributed by atoms with Gasteiger partial charge in [0.1, 0.15) is 0 Å². The lowest BCUT2D eigenvalue weighted by Crippen LogP contribution is -2.40. The fourth-order valence-corrected chi connectivity index (χ4v) is 5.74. The van der Waals surface area contributed by atoms with Crippen LogP contribution in [0, 0.1) is 0 Å². The Morgan fingerprint density at radius 2 is 1.48 bits per heavy atom. The van der Waals surface area contributed by atoms with E-state index < -0.39 is 0 Å². The summed E-state index contributed by atoms with van der Waals surface area (Å²) >= 11 is 0. The van der Waals surface area contributed by atoms with Crippen molar-refractivity contribution < 1.29 is 18.9 Å². The molecule has 2 aromatic carbocycles. The number of methoxy groups -OCH3 is 4. The summed E-state index contributed by atoms with van der Waals surface area (Å²) in [6, 6.07) is 11.1. The first-order chi connectivity index (χ1) is 18.6. The van der Waals surface area contributed by atoms with Crippen molar-refractivity contribution in [2.75, 3.05) is 54.6 Å². The highest BCUT2D eigenvalue weighted by molar-refractivity contribution is 5.85. The van der Waals surface area contributed by atoms with Crippen molar-refractivity contribution >= 4 is 24.8 Å². The number of benzene rings is 2. The number of nitrogens with zero attached hydrogens (tertiary/aromatic N) is 1. The van der Waals surface area contributed by atoms with Gasteiger partial charge in [0.25, 0.3) is 0 Å². The average Bonchev–Trinajstić information content (AvgIpc) is 2.96. The maximum Gasteiger partial charge on any atom is 0.164 e. The van der Waals surface area contributed by atoms with Crippen LogP contribution in [0.1, 0.15) is 68.6 Å². The van der Waals surface area contributed by atoms with E-state index in [0.29, 0.717) is 6.04 Å². The Bertz CT molecular complexity index is 976. The van der Waals surface area contributed by atoms with Crippen LogP contribution < -0.4 is 24.3 Å². The molecule has 0 radical (unpaired) electrons. The zero-order valence-electron chi connectivity index (χ0n) is 25.3. The van der Waals surface area contributed by atoms with Gasteiger partial charge < -0.3 is 29.2 Å². The Labute approximate surface area is 255 Å². The molecular weight excluding hydrogens is 547 g/mol. The van der Waals surface area contributed by atoms with Gasteiger partial charge in [0.15, 0.2) is 23.0 Å². The van der Waals surface area contributed by atoms with Crippen LogP contribution in [0.3, 0.4) is 0 Å². The van der Waals surface area contributed by atoms with Crippen LogP contribution >= 0.6 is 24.8 Å². The van der Waals surface area contributed by atoms with Crippen molar-refractivity contribution in [2.24, 2.45) is 0 Å². The molecule has 1 N–H and O–H groups in total. The summed E-state index contributed by atoms with van der Waals surface area (Å²) in [6.07, 6.45) is 11.9. The fraction of sp³-hybridized carbons (Fsp3) is 0.625. The number of aryl methyl sites for hydroxylation is 1. The van der Waals surface area contributed by atoms with Gasteiger partial charge in [0.2, 0.25) is 0 Å². The monoisotopic (exact) mass is 598 g/mol. The van der Waals surface area contributed by atoms with Crippen LogP contribution in [0.15, 0.2) is 30.3 Å². The lowest BCUT2D eigenvalue weighted by molar-refractivity contribution is 0.175. The number of hydrogen-bond acceptors (Lipinski definition) is 6. The smallest absolute Gasteiger partial charge is 0.164 e. The zero-order chi connectivity index (χ0) is 27.2. The Morgan fingerprint density at radius 3 is 2.17 bits per heavy atom. The molecule has 8 heteroatoms. The van der Waals surface area contributed by atoms with Gasteiger partial charge in [-0.2, -0.15) is 0 Å². The highest BCUT2D eigenvalue weighted by Crippen LogP contribution is 2.38. The van der Waals surface area contributed by atoms with E-state index in [4.69, 9.17) is 18.9 Å². The summed E-state index contributed by atoms with van der Waals surface area (Å²) in [5.74, 6) is 3.38. The molecule has 0 aromatic heterocycles. The van der Waals surface area contributed by atoms with E-state index in [2.05, 4.69) is 41.4 Å². The Kier molecular flexibility index (Phi) is 18.2. The third-order valence-corrected chi connectivity index (χ3v) is 7.77. The number of hydrogen-bond donors (Lipinski definition) is 1. The second kappa shape index (κ2) is 20.1. The lowest BCUT2D eigenvalue weighted by atomic mass is 9.86. The highest BCUT2D eigenvalue weighted by Gasteiger charge is 2.27. The van der Waals surface area contributed by atoms with Crippen LogP contribution in [0.2, 0.25) is 0 Å². The molecule has 0 unspecified atom stereocenters. The molecule has 0 fully saturated rings. The maximum absolute atomic E-state index is 5.70. The molecular formula is C32H52Cl2N2O4. The average molecular weight is 600 g/mol. The fourth-order valence-electron chi connectivity index (χ4n) is 5.74. The van der Waals surface area contributed by atoms with E-state index in [1.165, 1.54) is 68.3 Å². The normalized spacial score (nSPS) is 14.1.